The number of nitrogens with one attached hydrogen (secondary N) is 1. The molecule has 0 bridgehead atoms. The zero-order chi connectivity index (χ0) is 13.7. The maximum absolute atomic E-state index is 12.1. The van der Waals surface area contributed by atoms with Crippen LogP contribution >= 0.6 is 0 Å². The number of sulfonamides is 1. The van der Waals surface area contributed by atoms with Crippen molar-refractivity contribution in [1.29, 1.82) is 0 Å². The van der Waals surface area contributed by atoms with Crippen molar-refractivity contribution < 1.29 is 8.42 Å². The molecule has 1 heterocycles. The Balaban J connectivity index is 2.14. The summed E-state index contributed by atoms with van der Waals surface area (Å²) in [6, 6.07) is 11.9. The van der Waals surface area contributed by atoms with Gasteiger partial charge < -0.3 is 5.73 Å². The number of hydrogen-bond donors (Lipinski definition) is 2. The standard InChI is InChI=1S/C13H15N3O2S/c14-9-11-4-3-6-13(8-11)19(17,18)16-10-12-5-1-2-7-15-12/h1-8,16H,9-10,14H2. The van der Waals surface area contributed by atoms with E-state index < -0.39 is 10.0 Å². The molecule has 3 N–H and O–H groups in total. The van der Waals surface area contributed by atoms with Crippen LogP contribution in [0.5, 0.6) is 0 Å². The Morgan fingerprint density at radius 1 is 1.16 bits per heavy atom. The molecule has 1 aromatic heterocycles. The molecular weight excluding hydrogens is 262 g/mol. The summed E-state index contributed by atoms with van der Waals surface area (Å²) in [6.45, 7) is 0.472. The average Bonchev–Trinajstić information content (AvgIpc) is 2.46. The van der Waals surface area contributed by atoms with E-state index in [1.165, 1.54) is 0 Å². The summed E-state index contributed by atoms with van der Waals surface area (Å²) in [4.78, 5) is 4.28. The largest absolute Gasteiger partial charge is 0.326 e. The SMILES string of the molecule is NCc1cccc(S(=O)(=O)NCc2ccccn2)c1. The molecule has 5 nitrogen and oxygen atoms in total. The molecule has 0 aliphatic heterocycles. The second kappa shape index (κ2) is 5.92. The maximum Gasteiger partial charge on any atom is 0.240 e. The number of aromatic nitrogens is 1. The average molecular weight is 277 g/mol. The van der Waals surface area contributed by atoms with Crippen LogP contribution in [0.1, 0.15) is 11.3 Å². The molecule has 0 spiro atoms. The summed E-state index contributed by atoms with van der Waals surface area (Å²) in [5, 5.41) is 0. The van der Waals surface area contributed by atoms with Gasteiger partial charge in [-0.15, -0.1) is 0 Å². The molecule has 100 valence electrons. The predicted octanol–water partition coefficient (Wildman–Crippen LogP) is 1.02. The molecule has 2 aromatic rings. The van der Waals surface area contributed by atoms with E-state index in [-0.39, 0.29) is 11.4 Å². The van der Waals surface area contributed by atoms with Gasteiger partial charge in [0.05, 0.1) is 17.1 Å². The van der Waals surface area contributed by atoms with Gasteiger partial charge in [0.1, 0.15) is 0 Å². The second-order valence-electron chi connectivity index (χ2n) is 4.00. The van der Waals surface area contributed by atoms with Gasteiger partial charge in [-0.05, 0) is 29.8 Å². The first kappa shape index (κ1) is 13.7. The predicted molar refractivity (Wildman–Crippen MR) is 72.6 cm³/mol. The van der Waals surface area contributed by atoms with Crippen LogP contribution in [0, 0.1) is 0 Å². The van der Waals surface area contributed by atoms with Crippen LogP contribution in [-0.2, 0) is 23.1 Å². The van der Waals surface area contributed by atoms with E-state index >= 15 is 0 Å². The first-order valence-corrected chi connectivity index (χ1v) is 7.29. The Labute approximate surface area is 112 Å². The highest BCUT2D eigenvalue weighted by molar-refractivity contribution is 7.89. The topological polar surface area (TPSA) is 85.1 Å². The Bertz CT molecular complexity index is 642. The monoisotopic (exact) mass is 277 g/mol. The molecule has 0 saturated heterocycles. The zero-order valence-electron chi connectivity index (χ0n) is 10.3. The Hall–Kier alpha value is -1.76. The number of nitrogens with two attached hydrogens (primary N) is 1. The number of pyridine rings is 1. The van der Waals surface area contributed by atoms with Gasteiger partial charge in [-0.25, -0.2) is 13.1 Å². The van der Waals surface area contributed by atoms with E-state index in [4.69, 9.17) is 5.73 Å². The van der Waals surface area contributed by atoms with Crippen LogP contribution in [0.2, 0.25) is 0 Å². The second-order valence-corrected chi connectivity index (χ2v) is 5.76. The van der Waals surface area contributed by atoms with Crippen LogP contribution in [0.4, 0.5) is 0 Å². The van der Waals surface area contributed by atoms with E-state index in [0.29, 0.717) is 12.2 Å². The minimum atomic E-state index is -3.54. The van der Waals surface area contributed by atoms with Crippen molar-refractivity contribution in [1.82, 2.24) is 9.71 Å². The van der Waals surface area contributed by atoms with Gasteiger partial charge in [0, 0.05) is 12.7 Å². The third kappa shape index (κ3) is 3.60. The molecular formula is C13H15N3O2S. The van der Waals surface area contributed by atoms with Gasteiger partial charge in [-0.2, -0.15) is 0 Å². The minimum Gasteiger partial charge on any atom is -0.326 e. The molecule has 0 radical (unpaired) electrons. The van der Waals surface area contributed by atoms with Gasteiger partial charge in [0.15, 0.2) is 0 Å². The molecule has 2 rings (SSSR count). The molecule has 0 atom stereocenters. The Morgan fingerprint density at radius 3 is 2.68 bits per heavy atom. The van der Waals surface area contributed by atoms with Crippen molar-refractivity contribution in [2.75, 3.05) is 0 Å². The van der Waals surface area contributed by atoms with Crippen molar-refractivity contribution in [3.63, 3.8) is 0 Å². The fourth-order valence-corrected chi connectivity index (χ4v) is 2.66. The van der Waals surface area contributed by atoms with E-state index in [1.807, 2.05) is 6.07 Å². The lowest BCUT2D eigenvalue weighted by atomic mass is 10.2. The van der Waals surface area contributed by atoms with Crippen LogP contribution in [-0.4, -0.2) is 13.4 Å². The fraction of sp³-hybridized carbons (Fsp3) is 0.154. The Morgan fingerprint density at radius 2 is 2.00 bits per heavy atom. The quantitative estimate of drug-likeness (QED) is 0.854. The Kier molecular flexibility index (Phi) is 4.26. The number of benzene rings is 1. The van der Waals surface area contributed by atoms with E-state index in [9.17, 15) is 8.42 Å². The normalized spacial score (nSPS) is 11.4. The lowest BCUT2D eigenvalue weighted by Crippen LogP contribution is -2.23. The smallest absolute Gasteiger partial charge is 0.240 e. The molecule has 0 aliphatic rings. The van der Waals surface area contributed by atoms with Gasteiger partial charge in [-0.3, -0.25) is 4.98 Å². The zero-order valence-corrected chi connectivity index (χ0v) is 11.1. The summed E-state index contributed by atoms with van der Waals surface area (Å²) < 4.78 is 26.7. The maximum atomic E-state index is 12.1. The van der Waals surface area contributed by atoms with Crippen LogP contribution in [0.3, 0.4) is 0 Å². The lowest BCUT2D eigenvalue weighted by molar-refractivity contribution is 0.580. The van der Waals surface area contributed by atoms with Gasteiger partial charge in [0.2, 0.25) is 10.0 Å². The van der Waals surface area contributed by atoms with Crippen LogP contribution in [0.15, 0.2) is 53.6 Å². The molecule has 0 aliphatic carbocycles. The highest BCUT2D eigenvalue weighted by Gasteiger charge is 2.13. The lowest BCUT2D eigenvalue weighted by Gasteiger charge is -2.07. The van der Waals surface area contributed by atoms with Gasteiger partial charge in [-0.1, -0.05) is 18.2 Å². The van der Waals surface area contributed by atoms with E-state index in [1.54, 1.807) is 42.6 Å². The van der Waals surface area contributed by atoms with Crippen molar-refractivity contribution in [3.8, 4) is 0 Å². The first-order valence-electron chi connectivity index (χ1n) is 5.80. The van der Waals surface area contributed by atoms with Crippen molar-refractivity contribution in [2.24, 2.45) is 5.73 Å². The summed E-state index contributed by atoms with van der Waals surface area (Å²) >= 11 is 0. The van der Waals surface area contributed by atoms with Crippen molar-refractivity contribution in [3.05, 3.63) is 59.9 Å². The molecule has 19 heavy (non-hydrogen) atoms. The van der Waals surface area contributed by atoms with E-state index in [0.717, 1.165) is 5.56 Å². The molecule has 0 saturated carbocycles. The summed E-state index contributed by atoms with van der Waals surface area (Å²) in [7, 11) is -3.54. The van der Waals surface area contributed by atoms with Crippen LogP contribution < -0.4 is 10.5 Å². The summed E-state index contributed by atoms with van der Waals surface area (Å²) in [5.41, 5.74) is 6.95. The summed E-state index contributed by atoms with van der Waals surface area (Å²) in [6.07, 6.45) is 1.62. The van der Waals surface area contributed by atoms with Crippen molar-refractivity contribution >= 4 is 10.0 Å². The highest BCUT2D eigenvalue weighted by Crippen LogP contribution is 2.11. The molecule has 0 fully saturated rings. The molecule has 1 aromatic carbocycles. The first-order chi connectivity index (χ1) is 9.12. The third-order valence-electron chi connectivity index (χ3n) is 2.61. The van der Waals surface area contributed by atoms with Crippen molar-refractivity contribution in [2.45, 2.75) is 18.0 Å². The third-order valence-corrected chi connectivity index (χ3v) is 4.01. The van der Waals surface area contributed by atoms with E-state index in [2.05, 4.69) is 9.71 Å². The number of hydrogen-bond acceptors (Lipinski definition) is 4. The number of rotatable bonds is 5. The molecule has 0 amide bonds. The molecule has 6 heteroatoms. The van der Waals surface area contributed by atoms with Crippen LogP contribution in [0.25, 0.3) is 0 Å². The highest BCUT2D eigenvalue weighted by atomic mass is 32.2. The van der Waals surface area contributed by atoms with Gasteiger partial charge in [0.25, 0.3) is 0 Å². The van der Waals surface area contributed by atoms with Gasteiger partial charge >= 0.3 is 0 Å². The summed E-state index contributed by atoms with van der Waals surface area (Å²) in [5.74, 6) is 0. The minimum absolute atomic E-state index is 0.163. The fourth-order valence-electron chi connectivity index (χ4n) is 1.59. The number of nitrogens with zero attached hydrogens (tertiary/aromatic N) is 1. The molecule has 0 unspecified atom stereocenters.